The predicted octanol–water partition coefficient (Wildman–Crippen LogP) is 2.17. The number of nitrogens with zero attached hydrogens (tertiary/aromatic N) is 1. The lowest BCUT2D eigenvalue weighted by Crippen LogP contribution is -2.53. The van der Waals surface area contributed by atoms with E-state index in [2.05, 4.69) is 17.1 Å². The van der Waals surface area contributed by atoms with Crippen LogP contribution in [0.3, 0.4) is 0 Å². The van der Waals surface area contributed by atoms with Crippen molar-refractivity contribution in [2.24, 2.45) is 5.92 Å². The highest BCUT2D eigenvalue weighted by Crippen LogP contribution is 2.27. The number of carbonyl (C=O) groups is 1. The van der Waals surface area contributed by atoms with Gasteiger partial charge in [-0.3, -0.25) is 9.69 Å². The number of rotatable bonds is 2. The van der Waals surface area contributed by atoms with Crippen molar-refractivity contribution in [2.75, 3.05) is 13.1 Å². The maximum Gasteiger partial charge on any atom is 0.217 e. The van der Waals surface area contributed by atoms with Crippen molar-refractivity contribution in [2.45, 2.75) is 64.5 Å². The number of hydrogen-bond acceptors (Lipinski definition) is 2. The van der Waals surface area contributed by atoms with Gasteiger partial charge in [0.25, 0.3) is 0 Å². The molecule has 0 aromatic carbocycles. The molecule has 2 rings (SSSR count). The van der Waals surface area contributed by atoms with Crippen molar-refractivity contribution in [1.82, 2.24) is 10.2 Å². The Hall–Kier alpha value is -0.570. The minimum Gasteiger partial charge on any atom is -0.352 e. The molecule has 1 saturated carbocycles. The van der Waals surface area contributed by atoms with Gasteiger partial charge in [0.2, 0.25) is 5.91 Å². The molecular formula is C14H26N2O. The Bertz CT molecular complexity index is 261. The van der Waals surface area contributed by atoms with E-state index in [1.165, 1.54) is 38.6 Å². The summed E-state index contributed by atoms with van der Waals surface area (Å²) in [7, 11) is 0. The van der Waals surface area contributed by atoms with E-state index in [-0.39, 0.29) is 5.91 Å². The van der Waals surface area contributed by atoms with Crippen molar-refractivity contribution in [3.05, 3.63) is 0 Å². The molecule has 17 heavy (non-hydrogen) atoms. The molecule has 0 spiro atoms. The topological polar surface area (TPSA) is 32.3 Å². The zero-order valence-corrected chi connectivity index (χ0v) is 11.2. The minimum atomic E-state index is 0.118. The average Bonchev–Trinajstić information content (AvgIpc) is 2.28. The van der Waals surface area contributed by atoms with Crippen LogP contribution in [0, 0.1) is 5.92 Å². The van der Waals surface area contributed by atoms with Crippen LogP contribution in [0.25, 0.3) is 0 Å². The zero-order chi connectivity index (χ0) is 12.3. The van der Waals surface area contributed by atoms with Crippen molar-refractivity contribution in [3.8, 4) is 0 Å². The van der Waals surface area contributed by atoms with Crippen LogP contribution in [-0.2, 0) is 4.79 Å². The summed E-state index contributed by atoms with van der Waals surface area (Å²) in [6, 6.07) is 1.15. The number of piperidine rings is 1. The molecule has 0 bridgehead atoms. The lowest BCUT2D eigenvalue weighted by atomic mass is 9.89. The molecule has 2 fully saturated rings. The second-order valence-electron chi connectivity index (χ2n) is 5.98. The second kappa shape index (κ2) is 5.85. The number of carbonyl (C=O) groups excluding carboxylic acids is 1. The molecule has 98 valence electrons. The Morgan fingerprint density at radius 1 is 1.18 bits per heavy atom. The normalized spacial score (nSPS) is 32.4. The van der Waals surface area contributed by atoms with Crippen molar-refractivity contribution < 1.29 is 4.79 Å². The molecule has 1 heterocycles. The molecule has 1 aliphatic heterocycles. The van der Waals surface area contributed by atoms with Crippen LogP contribution in [0.15, 0.2) is 0 Å². The van der Waals surface area contributed by atoms with Crippen molar-refractivity contribution in [1.29, 1.82) is 0 Å². The predicted molar refractivity (Wildman–Crippen MR) is 69.8 cm³/mol. The standard InChI is InChI=1S/C14H26N2O/c1-11-8-13(15-12(2)17)10-16(9-11)14-6-4-3-5-7-14/h11,13-14H,3-10H2,1-2H3,(H,15,17). The van der Waals surface area contributed by atoms with Crippen LogP contribution in [0.5, 0.6) is 0 Å². The second-order valence-corrected chi connectivity index (χ2v) is 5.98. The lowest BCUT2D eigenvalue weighted by molar-refractivity contribution is -0.120. The van der Waals surface area contributed by atoms with Crippen LogP contribution >= 0.6 is 0 Å². The fourth-order valence-corrected chi connectivity index (χ4v) is 3.53. The van der Waals surface area contributed by atoms with Gasteiger partial charge in [-0.1, -0.05) is 26.2 Å². The summed E-state index contributed by atoms with van der Waals surface area (Å²) in [6.45, 7) is 6.23. The van der Waals surface area contributed by atoms with E-state index in [1.54, 1.807) is 6.92 Å². The van der Waals surface area contributed by atoms with Crippen LogP contribution < -0.4 is 5.32 Å². The first-order valence-electron chi connectivity index (χ1n) is 7.16. The molecule has 1 saturated heterocycles. The maximum absolute atomic E-state index is 11.2. The van der Waals surface area contributed by atoms with Crippen molar-refractivity contribution >= 4 is 5.91 Å². The van der Waals surface area contributed by atoms with Gasteiger partial charge in [-0.15, -0.1) is 0 Å². The van der Waals surface area contributed by atoms with E-state index >= 15 is 0 Å². The molecule has 0 radical (unpaired) electrons. The molecule has 0 aromatic heterocycles. The van der Waals surface area contributed by atoms with Gasteiger partial charge >= 0.3 is 0 Å². The summed E-state index contributed by atoms with van der Waals surface area (Å²) in [6.07, 6.45) is 8.05. The smallest absolute Gasteiger partial charge is 0.217 e. The molecule has 1 aliphatic carbocycles. The molecule has 2 unspecified atom stereocenters. The first kappa shape index (κ1) is 12.9. The third-order valence-electron chi connectivity index (χ3n) is 4.19. The Labute approximate surface area is 105 Å². The zero-order valence-electron chi connectivity index (χ0n) is 11.2. The van der Waals surface area contributed by atoms with Crippen LogP contribution in [0.4, 0.5) is 0 Å². The minimum absolute atomic E-state index is 0.118. The SMILES string of the molecule is CC(=O)NC1CC(C)CN(C2CCCCC2)C1. The molecule has 0 aromatic rings. The molecule has 3 heteroatoms. The van der Waals surface area contributed by atoms with E-state index in [0.29, 0.717) is 12.0 Å². The quantitative estimate of drug-likeness (QED) is 0.799. The maximum atomic E-state index is 11.2. The first-order valence-corrected chi connectivity index (χ1v) is 7.16. The average molecular weight is 238 g/mol. The van der Waals surface area contributed by atoms with Gasteiger partial charge in [-0.05, 0) is 25.2 Å². The summed E-state index contributed by atoms with van der Waals surface area (Å²) < 4.78 is 0. The Balaban J connectivity index is 1.90. The van der Waals surface area contributed by atoms with E-state index < -0.39 is 0 Å². The fraction of sp³-hybridized carbons (Fsp3) is 0.929. The number of amides is 1. The number of nitrogens with one attached hydrogen (secondary N) is 1. The monoisotopic (exact) mass is 238 g/mol. The van der Waals surface area contributed by atoms with Gasteiger partial charge in [0.1, 0.15) is 0 Å². The van der Waals surface area contributed by atoms with E-state index in [0.717, 1.165) is 19.0 Å². The molecule has 2 atom stereocenters. The lowest BCUT2D eigenvalue weighted by Gasteiger charge is -2.42. The van der Waals surface area contributed by atoms with Crippen LogP contribution in [0.1, 0.15) is 52.4 Å². The summed E-state index contributed by atoms with van der Waals surface area (Å²) >= 11 is 0. The van der Waals surface area contributed by atoms with Gasteiger partial charge in [0.15, 0.2) is 0 Å². The largest absolute Gasteiger partial charge is 0.352 e. The molecule has 1 N–H and O–H groups in total. The third kappa shape index (κ3) is 3.70. The Morgan fingerprint density at radius 2 is 1.88 bits per heavy atom. The summed E-state index contributed by atoms with van der Waals surface area (Å²) in [5, 5.41) is 3.10. The molecule has 3 nitrogen and oxygen atoms in total. The van der Waals surface area contributed by atoms with E-state index in [1.807, 2.05) is 0 Å². The van der Waals surface area contributed by atoms with Gasteiger partial charge in [0, 0.05) is 32.1 Å². The molecular weight excluding hydrogens is 212 g/mol. The number of likely N-dealkylation sites (tertiary alicyclic amines) is 1. The highest BCUT2D eigenvalue weighted by molar-refractivity contribution is 5.73. The number of hydrogen-bond donors (Lipinski definition) is 1. The van der Waals surface area contributed by atoms with Gasteiger partial charge in [-0.2, -0.15) is 0 Å². The van der Waals surface area contributed by atoms with Crippen molar-refractivity contribution in [3.63, 3.8) is 0 Å². The van der Waals surface area contributed by atoms with Gasteiger partial charge < -0.3 is 5.32 Å². The molecule has 1 amide bonds. The Morgan fingerprint density at radius 3 is 2.53 bits per heavy atom. The van der Waals surface area contributed by atoms with Crippen LogP contribution in [-0.4, -0.2) is 36.0 Å². The first-order chi connectivity index (χ1) is 8.15. The summed E-state index contributed by atoms with van der Waals surface area (Å²) in [5.41, 5.74) is 0. The summed E-state index contributed by atoms with van der Waals surface area (Å²) in [4.78, 5) is 13.8. The summed E-state index contributed by atoms with van der Waals surface area (Å²) in [5.74, 6) is 0.829. The highest BCUT2D eigenvalue weighted by atomic mass is 16.1. The fourth-order valence-electron chi connectivity index (χ4n) is 3.53. The Kier molecular flexibility index (Phi) is 4.43. The molecule has 2 aliphatic rings. The third-order valence-corrected chi connectivity index (χ3v) is 4.19. The van der Waals surface area contributed by atoms with E-state index in [4.69, 9.17) is 0 Å². The van der Waals surface area contributed by atoms with E-state index in [9.17, 15) is 4.79 Å². The van der Waals surface area contributed by atoms with Gasteiger partial charge in [-0.25, -0.2) is 0 Å². The van der Waals surface area contributed by atoms with Crippen LogP contribution in [0.2, 0.25) is 0 Å². The van der Waals surface area contributed by atoms with Gasteiger partial charge in [0.05, 0.1) is 0 Å². The highest BCUT2D eigenvalue weighted by Gasteiger charge is 2.30.